The normalized spacial score (nSPS) is 22.6. The Labute approximate surface area is 112 Å². The highest BCUT2D eigenvalue weighted by atomic mass is 19.1. The number of nitrogens with one attached hydrogen (secondary N) is 2. The molecule has 0 aliphatic heterocycles. The lowest BCUT2D eigenvalue weighted by Crippen LogP contribution is -2.39. The van der Waals surface area contributed by atoms with Crippen LogP contribution in [0.1, 0.15) is 39.5 Å². The van der Waals surface area contributed by atoms with Gasteiger partial charge < -0.3 is 10.3 Å². The molecular weight excluding hydrogens is 241 g/mol. The first-order valence-electron chi connectivity index (χ1n) is 6.96. The van der Waals surface area contributed by atoms with Gasteiger partial charge in [0.2, 0.25) is 5.95 Å². The first-order chi connectivity index (χ1) is 9.04. The molecule has 1 aromatic carbocycles. The molecule has 0 bridgehead atoms. The predicted molar refractivity (Wildman–Crippen MR) is 75.7 cm³/mol. The minimum atomic E-state index is -0.235. The van der Waals surface area contributed by atoms with Crippen LogP contribution in [-0.2, 0) is 0 Å². The predicted octanol–water partition coefficient (Wildman–Crippen LogP) is 4.08. The van der Waals surface area contributed by atoms with Gasteiger partial charge in [0, 0.05) is 6.04 Å². The van der Waals surface area contributed by atoms with Crippen molar-refractivity contribution in [1.82, 2.24) is 9.97 Å². The van der Waals surface area contributed by atoms with E-state index in [9.17, 15) is 4.39 Å². The minimum absolute atomic E-state index is 0.235. The molecule has 1 fully saturated rings. The Morgan fingerprint density at radius 2 is 2.21 bits per heavy atom. The van der Waals surface area contributed by atoms with Crippen LogP contribution in [0.2, 0.25) is 0 Å². The lowest BCUT2D eigenvalue weighted by molar-refractivity contribution is 0.216. The van der Waals surface area contributed by atoms with Crippen molar-refractivity contribution in [1.29, 1.82) is 0 Å². The number of benzene rings is 1. The number of fused-ring (bicyclic) bond motifs is 1. The molecular formula is C15H20FN3. The van der Waals surface area contributed by atoms with Crippen molar-refractivity contribution in [2.45, 2.75) is 45.6 Å². The molecule has 0 spiro atoms. The number of rotatable bonds is 2. The molecule has 1 saturated carbocycles. The third-order valence-electron chi connectivity index (χ3n) is 4.26. The van der Waals surface area contributed by atoms with E-state index >= 15 is 0 Å². The number of halogens is 1. The maximum atomic E-state index is 13.2. The molecule has 1 aliphatic carbocycles. The quantitative estimate of drug-likeness (QED) is 0.855. The summed E-state index contributed by atoms with van der Waals surface area (Å²) < 4.78 is 13.2. The summed E-state index contributed by atoms with van der Waals surface area (Å²) in [7, 11) is 0. The number of aromatic amines is 1. The number of nitrogens with zero attached hydrogens (tertiary/aromatic N) is 1. The molecule has 3 rings (SSSR count). The smallest absolute Gasteiger partial charge is 0.201 e. The molecule has 2 N–H and O–H groups in total. The van der Waals surface area contributed by atoms with E-state index in [0.29, 0.717) is 6.04 Å². The number of aromatic nitrogens is 2. The SMILES string of the molecule is CC1(C)CCCCC1Nc1nc2ccc(F)cc2[nH]1. The average Bonchev–Trinajstić information content (AvgIpc) is 2.73. The monoisotopic (exact) mass is 261 g/mol. The van der Waals surface area contributed by atoms with Gasteiger partial charge in [-0.15, -0.1) is 0 Å². The zero-order valence-corrected chi connectivity index (χ0v) is 11.5. The van der Waals surface area contributed by atoms with E-state index < -0.39 is 0 Å². The topological polar surface area (TPSA) is 40.7 Å². The van der Waals surface area contributed by atoms with Gasteiger partial charge in [0.05, 0.1) is 11.0 Å². The molecule has 1 aromatic heterocycles. The summed E-state index contributed by atoms with van der Waals surface area (Å²) in [5.41, 5.74) is 1.83. The van der Waals surface area contributed by atoms with Crippen LogP contribution in [0.4, 0.5) is 10.3 Å². The fraction of sp³-hybridized carbons (Fsp3) is 0.533. The van der Waals surface area contributed by atoms with Gasteiger partial charge >= 0.3 is 0 Å². The third kappa shape index (κ3) is 2.44. The number of hydrogen-bond acceptors (Lipinski definition) is 2. The van der Waals surface area contributed by atoms with Crippen LogP contribution in [0.25, 0.3) is 11.0 Å². The molecule has 1 aliphatic rings. The van der Waals surface area contributed by atoms with E-state index in [-0.39, 0.29) is 11.2 Å². The van der Waals surface area contributed by atoms with Gasteiger partial charge in [-0.3, -0.25) is 0 Å². The minimum Gasteiger partial charge on any atom is -0.353 e. The van der Waals surface area contributed by atoms with Crippen molar-refractivity contribution in [3.63, 3.8) is 0 Å². The van der Waals surface area contributed by atoms with E-state index in [2.05, 4.69) is 29.1 Å². The first-order valence-corrected chi connectivity index (χ1v) is 6.96. The molecule has 0 radical (unpaired) electrons. The highest BCUT2D eigenvalue weighted by Crippen LogP contribution is 2.37. The fourth-order valence-electron chi connectivity index (χ4n) is 2.98. The van der Waals surface area contributed by atoms with E-state index in [1.165, 1.54) is 37.8 Å². The second-order valence-corrected chi connectivity index (χ2v) is 6.18. The molecule has 0 amide bonds. The van der Waals surface area contributed by atoms with Crippen molar-refractivity contribution in [2.24, 2.45) is 5.41 Å². The Hall–Kier alpha value is -1.58. The number of H-pyrrole nitrogens is 1. The van der Waals surface area contributed by atoms with Crippen LogP contribution in [0.15, 0.2) is 18.2 Å². The van der Waals surface area contributed by atoms with Gasteiger partial charge in [-0.25, -0.2) is 9.37 Å². The van der Waals surface area contributed by atoms with E-state index in [0.717, 1.165) is 17.0 Å². The highest BCUT2D eigenvalue weighted by molar-refractivity contribution is 5.77. The first kappa shape index (κ1) is 12.5. The van der Waals surface area contributed by atoms with Gasteiger partial charge in [-0.1, -0.05) is 26.7 Å². The van der Waals surface area contributed by atoms with E-state index in [1.807, 2.05) is 0 Å². The van der Waals surface area contributed by atoms with Crippen LogP contribution in [0.3, 0.4) is 0 Å². The van der Waals surface area contributed by atoms with Gasteiger partial charge in [-0.2, -0.15) is 0 Å². The Kier molecular flexibility index (Phi) is 2.96. The standard InChI is InChI=1S/C15H20FN3/c1-15(2)8-4-3-5-13(15)19-14-17-11-7-6-10(16)9-12(11)18-14/h6-7,9,13H,3-5,8H2,1-2H3,(H2,17,18,19). The second-order valence-electron chi connectivity index (χ2n) is 6.18. The maximum Gasteiger partial charge on any atom is 0.201 e. The zero-order valence-electron chi connectivity index (χ0n) is 11.5. The molecule has 0 saturated heterocycles. The molecule has 1 atom stereocenters. The summed E-state index contributed by atoms with van der Waals surface area (Å²) in [6.07, 6.45) is 4.96. The molecule has 3 nitrogen and oxygen atoms in total. The third-order valence-corrected chi connectivity index (χ3v) is 4.26. The Bertz CT molecular complexity index is 588. The summed E-state index contributed by atoms with van der Waals surface area (Å²) in [6, 6.07) is 5.06. The van der Waals surface area contributed by atoms with Gasteiger partial charge in [-0.05, 0) is 36.5 Å². The largest absolute Gasteiger partial charge is 0.353 e. The summed E-state index contributed by atoms with van der Waals surface area (Å²) in [4.78, 5) is 7.64. The average molecular weight is 261 g/mol. The molecule has 4 heteroatoms. The molecule has 19 heavy (non-hydrogen) atoms. The summed E-state index contributed by atoms with van der Waals surface area (Å²) >= 11 is 0. The van der Waals surface area contributed by atoms with Gasteiger partial charge in [0.1, 0.15) is 5.82 Å². The van der Waals surface area contributed by atoms with Crippen molar-refractivity contribution in [3.8, 4) is 0 Å². The number of anilines is 1. The lowest BCUT2D eigenvalue weighted by Gasteiger charge is -2.38. The fourth-order valence-corrected chi connectivity index (χ4v) is 2.98. The molecule has 1 unspecified atom stereocenters. The van der Waals surface area contributed by atoms with Gasteiger partial charge in [0.15, 0.2) is 0 Å². The number of imidazole rings is 1. The summed E-state index contributed by atoms with van der Waals surface area (Å²) in [6.45, 7) is 4.60. The van der Waals surface area contributed by atoms with E-state index in [1.54, 1.807) is 6.07 Å². The molecule has 102 valence electrons. The van der Waals surface area contributed by atoms with Crippen LogP contribution in [-0.4, -0.2) is 16.0 Å². The molecule has 2 aromatic rings. The van der Waals surface area contributed by atoms with Crippen molar-refractivity contribution in [2.75, 3.05) is 5.32 Å². The maximum absolute atomic E-state index is 13.2. The Morgan fingerprint density at radius 1 is 1.37 bits per heavy atom. The Balaban J connectivity index is 1.84. The van der Waals surface area contributed by atoms with Crippen LogP contribution in [0, 0.1) is 11.2 Å². The van der Waals surface area contributed by atoms with Gasteiger partial charge in [0.25, 0.3) is 0 Å². The van der Waals surface area contributed by atoms with E-state index in [4.69, 9.17) is 0 Å². The summed E-state index contributed by atoms with van der Waals surface area (Å²) in [5, 5.41) is 3.49. The second kappa shape index (κ2) is 4.51. The Morgan fingerprint density at radius 3 is 3.00 bits per heavy atom. The summed E-state index contributed by atoms with van der Waals surface area (Å²) in [5.74, 6) is 0.515. The highest BCUT2D eigenvalue weighted by Gasteiger charge is 2.32. The zero-order chi connectivity index (χ0) is 13.5. The van der Waals surface area contributed by atoms with Crippen LogP contribution < -0.4 is 5.32 Å². The van der Waals surface area contributed by atoms with Crippen LogP contribution >= 0.6 is 0 Å². The lowest BCUT2D eigenvalue weighted by atomic mass is 9.73. The van der Waals surface area contributed by atoms with Crippen molar-refractivity contribution >= 4 is 17.0 Å². The van der Waals surface area contributed by atoms with Crippen LogP contribution in [0.5, 0.6) is 0 Å². The molecule has 1 heterocycles. The van der Waals surface area contributed by atoms with Crippen molar-refractivity contribution < 1.29 is 4.39 Å². The number of hydrogen-bond donors (Lipinski definition) is 2. The van der Waals surface area contributed by atoms with Crippen molar-refractivity contribution in [3.05, 3.63) is 24.0 Å².